The van der Waals surface area contributed by atoms with Crippen LogP contribution in [0.2, 0.25) is 0 Å². The van der Waals surface area contributed by atoms with E-state index >= 15 is 0 Å². The molecule has 0 fully saturated rings. The zero-order valence-corrected chi connectivity index (χ0v) is 20.6. The molecule has 0 aliphatic heterocycles. The van der Waals surface area contributed by atoms with Crippen LogP contribution in [-0.4, -0.2) is 18.3 Å². The van der Waals surface area contributed by atoms with Crippen LogP contribution in [0, 0.1) is 35.5 Å². The van der Waals surface area contributed by atoms with Gasteiger partial charge in [0.2, 0.25) is 0 Å². The van der Waals surface area contributed by atoms with E-state index in [1.165, 1.54) is 43.4 Å². The summed E-state index contributed by atoms with van der Waals surface area (Å²) in [5.74, 6) is 18.8. The summed E-state index contributed by atoms with van der Waals surface area (Å²) in [7, 11) is 0. The maximum Gasteiger partial charge on any atom is 0.150 e. The fourth-order valence-corrected chi connectivity index (χ4v) is 3.85. The van der Waals surface area contributed by atoms with Crippen molar-refractivity contribution in [1.29, 1.82) is 0 Å². The molecule has 1 aromatic heterocycles. The van der Waals surface area contributed by atoms with Crippen LogP contribution in [0.5, 0.6) is 0 Å². The second-order valence-electron chi connectivity index (χ2n) is 7.74. The fourth-order valence-electron chi connectivity index (χ4n) is 2.92. The summed E-state index contributed by atoms with van der Waals surface area (Å²) in [6.45, 7) is 7.76. The van der Waals surface area contributed by atoms with E-state index in [0.29, 0.717) is 6.61 Å². The van der Waals surface area contributed by atoms with E-state index in [2.05, 4.69) is 56.3 Å². The van der Waals surface area contributed by atoms with Gasteiger partial charge in [0.25, 0.3) is 0 Å². The van der Waals surface area contributed by atoms with Crippen LogP contribution in [-0.2, 0) is 4.74 Å². The van der Waals surface area contributed by atoms with Gasteiger partial charge < -0.3 is 9.84 Å². The second-order valence-corrected chi connectivity index (χ2v) is 8.83. The van der Waals surface area contributed by atoms with Crippen molar-refractivity contribution < 1.29 is 9.84 Å². The molecular formula is C28H40O2S. The number of aliphatic hydroxyl groups is 1. The van der Waals surface area contributed by atoms with Crippen molar-refractivity contribution in [2.75, 3.05) is 13.2 Å². The van der Waals surface area contributed by atoms with E-state index in [-0.39, 0.29) is 0 Å². The van der Waals surface area contributed by atoms with Gasteiger partial charge >= 0.3 is 0 Å². The zero-order chi connectivity index (χ0) is 22.6. The van der Waals surface area contributed by atoms with Crippen LogP contribution >= 0.6 is 11.3 Å². The summed E-state index contributed by atoms with van der Waals surface area (Å²) < 4.78 is 5.65. The molecule has 0 aromatic carbocycles. The molecule has 170 valence electrons. The predicted molar refractivity (Wildman–Crippen MR) is 134 cm³/mol. The van der Waals surface area contributed by atoms with Crippen molar-refractivity contribution in [3.05, 3.63) is 21.4 Å². The van der Waals surface area contributed by atoms with Crippen LogP contribution < -0.4 is 0 Å². The molecule has 0 spiro atoms. The minimum Gasteiger partial charge on any atom is -0.375 e. The quantitative estimate of drug-likeness (QED) is 0.259. The van der Waals surface area contributed by atoms with E-state index in [9.17, 15) is 5.11 Å². The number of rotatable bonds is 13. The molecule has 0 radical (unpaired) electrons. The first-order valence-corrected chi connectivity index (χ1v) is 12.9. The topological polar surface area (TPSA) is 29.5 Å². The first-order valence-electron chi connectivity index (χ1n) is 12.1. The van der Waals surface area contributed by atoms with Crippen molar-refractivity contribution in [3.63, 3.8) is 0 Å². The summed E-state index contributed by atoms with van der Waals surface area (Å²) in [6.07, 6.45) is 12.9. The summed E-state index contributed by atoms with van der Waals surface area (Å²) in [5, 5.41) is 10.6. The molecule has 0 aliphatic carbocycles. The molecule has 1 rings (SSSR count). The Morgan fingerprint density at radius 2 is 1.52 bits per heavy atom. The average molecular weight is 441 g/mol. The lowest BCUT2D eigenvalue weighted by atomic mass is 10.1. The SMILES string of the molecule is CCCCC#Cc1cc(C#CCOCCCCCCCC)sc1C(O)C#CCCCC. The normalized spacial score (nSPS) is 11.0. The molecule has 1 N–H and O–H groups in total. The minimum atomic E-state index is -0.795. The minimum absolute atomic E-state index is 0.444. The van der Waals surface area contributed by atoms with Gasteiger partial charge in [-0.25, -0.2) is 0 Å². The predicted octanol–water partition coefficient (Wildman–Crippen LogP) is 7.25. The Bertz CT molecular complexity index is 773. The molecule has 0 amide bonds. The van der Waals surface area contributed by atoms with E-state index < -0.39 is 6.10 Å². The van der Waals surface area contributed by atoms with Crippen molar-refractivity contribution in [1.82, 2.24) is 0 Å². The lowest BCUT2D eigenvalue weighted by Crippen LogP contribution is -1.94. The largest absolute Gasteiger partial charge is 0.375 e. The molecule has 1 heterocycles. The Balaban J connectivity index is 2.63. The first-order chi connectivity index (χ1) is 15.2. The molecule has 3 heteroatoms. The third-order valence-electron chi connectivity index (χ3n) is 4.81. The summed E-state index contributed by atoms with van der Waals surface area (Å²) in [4.78, 5) is 1.72. The Kier molecular flexibility index (Phi) is 16.8. The van der Waals surface area contributed by atoms with Gasteiger partial charge in [-0.15, -0.1) is 17.3 Å². The molecule has 31 heavy (non-hydrogen) atoms. The number of hydrogen-bond acceptors (Lipinski definition) is 3. The van der Waals surface area contributed by atoms with Gasteiger partial charge in [0.05, 0.1) is 9.75 Å². The maximum absolute atomic E-state index is 10.6. The summed E-state index contributed by atoms with van der Waals surface area (Å²) in [5.41, 5.74) is 0.857. The van der Waals surface area contributed by atoms with E-state index in [0.717, 1.165) is 66.9 Å². The van der Waals surface area contributed by atoms with Crippen LogP contribution in [0.1, 0.15) is 119 Å². The molecule has 1 unspecified atom stereocenters. The Morgan fingerprint density at radius 1 is 0.839 bits per heavy atom. The number of unbranched alkanes of at least 4 members (excludes halogenated alkanes) is 9. The van der Waals surface area contributed by atoms with E-state index in [4.69, 9.17) is 4.74 Å². The van der Waals surface area contributed by atoms with Gasteiger partial charge in [-0.2, -0.15) is 0 Å². The Morgan fingerprint density at radius 3 is 2.26 bits per heavy atom. The molecule has 1 aromatic rings. The second kappa shape index (κ2) is 19.0. The standard InChI is InChI=1S/C28H40O2S/c1-4-7-10-13-14-17-22-30-23-18-20-26-24-25(19-15-11-8-5-2)28(31-26)27(29)21-16-12-9-6-3/h24,27,29H,4-14,17,22-23H2,1-3H3. The highest BCUT2D eigenvalue weighted by atomic mass is 32.1. The van der Waals surface area contributed by atoms with Crippen LogP contribution in [0.25, 0.3) is 0 Å². The van der Waals surface area contributed by atoms with Gasteiger partial charge in [0, 0.05) is 25.0 Å². The highest BCUT2D eigenvalue weighted by Crippen LogP contribution is 2.27. The van der Waals surface area contributed by atoms with Crippen LogP contribution in [0.15, 0.2) is 6.07 Å². The molecule has 0 saturated carbocycles. The lowest BCUT2D eigenvalue weighted by molar-refractivity contribution is 0.161. The fraction of sp³-hybridized carbons (Fsp3) is 0.643. The van der Waals surface area contributed by atoms with Crippen LogP contribution in [0.3, 0.4) is 0 Å². The molecule has 0 bridgehead atoms. The van der Waals surface area contributed by atoms with Crippen molar-refractivity contribution in [2.45, 2.75) is 104 Å². The Hall–Kier alpha value is -1.70. The van der Waals surface area contributed by atoms with E-state index in [1.807, 2.05) is 6.07 Å². The molecule has 2 nitrogen and oxygen atoms in total. The number of aliphatic hydroxyl groups excluding tert-OH is 1. The zero-order valence-electron chi connectivity index (χ0n) is 19.8. The molecular weight excluding hydrogens is 400 g/mol. The van der Waals surface area contributed by atoms with Crippen molar-refractivity contribution in [3.8, 4) is 35.5 Å². The lowest BCUT2D eigenvalue weighted by Gasteiger charge is -2.00. The maximum atomic E-state index is 10.6. The summed E-state index contributed by atoms with van der Waals surface area (Å²) in [6, 6.07) is 1.98. The number of ether oxygens (including phenoxy) is 1. The number of hydrogen-bond donors (Lipinski definition) is 1. The van der Waals surface area contributed by atoms with Gasteiger partial charge in [0.1, 0.15) is 6.61 Å². The van der Waals surface area contributed by atoms with Gasteiger partial charge in [-0.1, -0.05) is 95.3 Å². The first kappa shape index (κ1) is 27.3. The third kappa shape index (κ3) is 13.3. The van der Waals surface area contributed by atoms with Crippen molar-refractivity contribution in [2.24, 2.45) is 0 Å². The molecule has 1 atom stereocenters. The van der Waals surface area contributed by atoms with Crippen LogP contribution in [0.4, 0.5) is 0 Å². The third-order valence-corrected chi connectivity index (χ3v) is 5.91. The van der Waals surface area contributed by atoms with Gasteiger partial charge in [-0.05, 0) is 25.3 Å². The van der Waals surface area contributed by atoms with Gasteiger partial charge in [-0.3, -0.25) is 0 Å². The summed E-state index contributed by atoms with van der Waals surface area (Å²) >= 11 is 1.49. The van der Waals surface area contributed by atoms with E-state index in [1.54, 1.807) is 0 Å². The average Bonchev–Trinajstić information content (AvgIpc) is 3.18. The molecule has 0 aliphatic rings. The van der Waals surface area contributed by atoms with Crippen molar-refractivity contribution >= 4 is 11.3 Å². The smallest absolute Gasteiger partial charge is 0.150 e. The highest BCUT2D eigenvalue weighted by Gasteiger charge is 2.13. The highest BCUT2D eigenvalue weighted by molar-refractivity contribution is 7.12. The van der Waals surface area contributed by atoms with Gasteiger partial charge in [0.15, 0.2) is 6.10 Å². The monoisotopic (exact) mass is 440 g/mol. The Labute approximate surface area is 195 Å². The number of thiophene rings is 1. The molecule has 0 saturated heterocycles.